The first-order valence-corrected chi connectivity index (χ1v) is 15.1. The topological polar surface area (TPSA) is 40.5 Å². The van der Waals surface area contributed by atoms with Crippen LogP contribution in [0.3, 0.4) is 0 Å². The van der Waals surface area contributed by atoms with Gasteiger partial charge in [-0.3, -0.25) is 0 Å². The van der Waals surface area contributed by atoms with E-state index < -0.39 is 6.10 Å². The van der Waals surface area contributed by atoms with Crippen molar-refractivity contribution in [3.05, 3.63) is 58.7 Å². The van der Waals surface area contributed by atoms with Crippen LogP contribution in [-0.4, -0.2) is 10.2 Å². The normalized spacial score (nSPS) is 16.3. The van der Waals surface area contributed by atoms with Crippen molar-refractivity contribution in [2.75, 3.05) is 0 Å². The van der Waals surface area contributed by atoms with Crippen LogP contribution >= 0.6 is 8.58 Å². The number of phenols is 1. The third kappa shape index (κ3) is 7.14. The number of hydrogen-bond acceptors (Lipinski definition) is 2. The summed E-state index contributed by atoms with van der Waals surface area (Å²) in [6.07, 6.45) is 6.28. The molecule has 2 aromatic rings. The first kappa shape index (κ1) is 30.9. The molecule has 0 amide bonds. The van der Waals surface area contributed by atoms with Crippen molar-refractivity contribution in [3.8, 4) is 5.75 Å². The van der Waals surface area contributed by atoms with Crippen LogP contribution in [0, 0.1) is 5.92 Å². The summed E-state index contributed by atoms with van der Waals surface area (Å²) in [5.74, 6) is 0.948. The van der Waals surface area contributed by atoms with E-state index in [2.05, 4.69) is 86.6 Å². The van der Waals surface area contributed by atoms with Crippen molar-refractivity contribution in [3.63, 3.8) is 0 Å². The van der Waals surface area contributed by atoms with Crippen LogP contribution in [0.5, 0.6) is 5.75 Å². The van der Waals surface area contributed by atoms with Crippen LogP contribution in [0.4, 0.5) is 0 Å². The second kappa shape index (κ2) is 12.4. The first-order valence-electron chi connectivity index (χ1n) is 14.1. The van der Waals surface area contributed by atoms with Crippen molar-refractivity contribution in [2.24, 2.45) is 5.92 Å². The predicted octanol–water partition coefficient (Wildman–Crippen LogP) is 9.26. The lowest BCUT2D eigenvalue weighted by atomic mass is 9.69. The SMILES string of the molecule is CCCCC(C)C(C)(C)c1cc(C(C)(C)C)cc(C(C)(CCCC)Pc2ccccc2C(C)O)c1O. The van der Waals surface area contributed by atoms with Crippen LogP contribution in [0.2, 0.25) is 0 Å². The Morgan fingerprint density at radius 2 is 1.44 bits per heavy atom. The van der Waals surface area contributed by atoms with Crippen LogP contribution in [0.15, 0.2) is 36.4 Å². The fraction of sp³-hybridized carbons (Fsp3) is 0.636. The average molecular weight is 513 g/mol. The van der Waals surface area contributed by atoms with Gasteiger partial charge >= 0.3 is 0 Å². The number of aromatic hydroxyl groups is 1. The maximum absolute atomic E-state index is 12.0. The van der Waals surface area contributed by atoms with Gasteiger partial charge in [-0.25, -0.2) is 0 Å². The lowest BCUT2D eigenvalue weighted by molar-refractivity contribution is 0.200. The van der Waals surface area contributed by atoms with Crippen molar-refractivity contribution in [2.45, 2.75) is 130 Å². The number of aliphatic hydroxyl groups is 1. The van der Waals surface area contributed by atoms with E-state index in [1.54, 1.807) is 0 Å². The zero-order chi connectivity index (χ0) is 27.3. The number of hydrogen-bond donors (Lipinski definition) is 2. The van der Waals surface area contributed by atoms with Gasteiger partial charge in [0, 0.05) is 16.3 Å². The van der Waals surface area contributed by atoms with E-state index in [0.717, 1.165) is 42.4 Å². The average Bonchev–Trinajstić information content (AvgIpc) is 2.80. The summed E-state index contributed by atoms with van der Waals surface area (Å²) in [6.45, 7) is 22.5. The molecular weight excluding hydrogens is 459 g/mol. The Hall–Kier alpha value is -1.37. The van der Waals surface area contributed by atoms with E-state index >= 15 is 0 Å². The van der Waals surface area contributed by atoms with Crippen molar-refractivity contribution < 1.29 is 10.2 Å². The Morgan fingerprint density at radius 3 is 2.00 bits per heavy atom. The van der Waals surface area contributed by atoms with Gasteiger partial charge in [-0.15, -0.1) is 0 Å². The highest BCUT2D eigenvalue weighted by Crippen LogP contribution is 2.53. The zero-order valence-electron chi connectivity index (χ0n) is 24.8. The van der Waals surface area contributed by atoms with Crippen molar-refractivity contribution >= 4 is 13.9 Å². The monoisotopic (exact) mass is 512 g/mol. The van der Waals surface area contributed by atoms with E-state index in [1.165, 1.54) is 23.7 Å². The van der Waals surface area contributed by atoms with Gasteiger partial charge in [0.2, 0.25) is 0 Å². The third-order valence-corrected chi connectivity index (χ3v) is 10.1. The maximum Gasteiger partial charge on any atom is 0.123 e. The van der Waals surface area contributed by atoms with Gasteiger partial charge < -0.3 is 10.2 Å². The predicted molar refractivity (Wildman–Crippen MR) is 160 cm³/mol. The lowest BCUT2D eigenvalue weighted by Gasteiger charge is -2.39. The van der Waals surface area contributed by atoms with Gasteiger partial charge in [-0.1, -0.05) is 133 Å². The van der Waals surface area contributed by atoms with Crippen molar-refractivity contribution in [1.29, 1.82) is 0 Å². The van der Waals surface area contributed by atoms with E-state index in [9.17, 15) is 10.2 Å². The molecule has 0 fully saturated rings. The van der Waals surface area contributed by atoms with Crippen LogP contribution in [-0.2, 0) is 16.0 Å². The van der Waals surface area contributed by atoms with Gasteiger partial charge in [0.05, 0.1) is 6.10 Å². The fourth-order valence-corrected chi connectivity index (χ4v) is 7.02. The number of aliphatic hydroxyl groups excluding tert-OH is 1. The van der Waals surface area contributed by atoms with Gasteiger partial charge in [-0.2, -0.15) is 0 Å². The molecule has 2 nitrogen and oxygen atoms in total. The second-order valence-electron chi connectivity index (χ2n) is 12.8. The molecule has 0 radical (unpaired) electrons. The molecule has 3 heteroatoms. The molecular formula is C33H53O2P. The van der Waals surface area contributed by atoms with Crippen LogP contribution < -0.4 is 5.30 Å². The van der Waals surface area contributed by atoms with E-state index in [0.29, 0.717) is 20.2 Å². The minimum Gasteiger partial charge on any atom is -0.507 e. The summed E-state index contributed by atoms with van der Waals surface area (Å²) in [5.41, 5.74) is 4.29. The standard InChI is InChI=1S/C33H53O2P/c1-11-13-17-23(3)32(8,9)27-21-25(31(5,6)7)22-28(30(27)35)33(10,20-14-12-2)36-29-19-16-15-18-26(29)24(4)34/h15-16,18-19,21-24,34-36H,11-14,17,20H2,1-10H3. The smallest absolute Gasteiger partial charge is 0.123 e. The number of phenolic OH excluding ortho intramolecular Hbond substituents is 1. The number of benzene rings is 2. The zero-order valence-corrected chi connectivity index (χ0v) is 25.8. The largest absolute Gasteiger partial charge is 0.507 e. The molecule has 2 rings (SSSR count). The highest BCUT2D eigenvalue weighted by atomic mass is 31.1. The summed E-state index contributed by atoms with van der Waals surface area (Å²) < 4.78 is 0. The number of unbranched alkanes of at least 4 members (excludes halogenated alkanes) is 2. The van der Waals surface area contributed by atoms with E-state index in [1.807, 2.05) is 19.1 Å². The summed E-state index contributed by atoms with van der Waals surface area (Å²) in [5, 5.41) is 23.5. The molecule has 4 atom stereocenters. The Bertz CT molecular complexity index is 986. The van der Waals surface area contributed by atoms with Gasteiger partial charge in [0.15, 0.2) is 0 Å². The molecule has 0 aliphatic carbocycles. The van der Waals surface area contributed by atoms with Gasteiger partial charge in [-0.05, 0) is 52.9 Å². The quantitative estimate of drug-likeness (QED) is 0.278. The van der Waals surface area contributed by atoms with Crippen LogP contribution in [0.1, 0.15) is 136 Å². The molecule has 202 valence electrons. The Kier molecular flexibility index (Phi) is 10.7. The second-order valence-corrected chi connectivity index (χ2v) is 14.7. The Morgan fingerprint density at radius 1 is 0.861 bits per heavy atom. The molecule has 0 heterocycles. The highest BCUT2D eigenvalue weighted by molar-refractivity contribution is 7.48. The molecule has 0 aliphatic heterocycles. The molecule has 0 saturated carbocycles. The van der Waals surface area contributed by atoms with Gasteiger partial charge in [0.1, 0.15) is 5.75 Å². The molecule has 0 aromatic heterocycles. The maximum atomic E-state index is 12.0. The Labute approximate surface area is 224 Å². The Balaban J connectivity index is 2.78. The summed E-state index contributed by atoms with van der Waals surface area (Å²) >= 11 is 0. The molecule has 2 N–H and O–H groups in total. The van der Waals surface area contributed by atoms with E-state index in [4.69, 9.17) is 0 Å². The summed E-state index contributed by atoms with van der Waals surface area (Å²) in [4.78, 5) is 0. The number of rotatable bonds is 12. The molecule has 0 spiro atoms. The minimum absolute atomic E-state index is 0.0216. The summed E-state index contributed by atoms with van der Waals surface area (Å²) in [6, 6.07) is 12.9. The van der Waals surface area contributed by atoms with Gasteiger partial charge in [0.25, 0.3) is 0 Å². The van der Waals surface area contributed by atoms with E-state index in [-0.39, 0.29) is 16.0 Å². The molecule has 0 aliphatic rings. The fourth-order valence-electron chi connectivity index (χ4n) is 5.18. The first-order chi connectivity index (χ1) is 16.7. The molecule has 2 aromatic carbocycles. The molecule has 0 saturated heterocycles. The molecule has 4 unspecified atom stereocenters. The molecule has 36 heavy (non-hydrogen) atoms. The lowest BCUT2D eigenvalue weighted by Crippen LogP contribution is -2.30. The summed E-state index contributed by atoms with van der Waals surface area (Å²) in [7, 11) is 0.458. The third-order valence-electron chi connectivity index (χ3n) is 8.34. The highest BCUT2D eigenvalue weighted by Gasteiger charge is 2.37. The van der Waals surface area contributed by atoms with Crippen molar-refractivity contribution in [1.82, 2.24) is 0 Å². The van der Waals surface area contributed by atoms with Crippen LogP contribution in [0.25, 0.3) is 0 Å². The molecule has 0 bridgehead atoms. The minimum atomic E-state index is -0.507.